The zero-order valence-electron chi connectivity index (χ0n) is 20.5. The zero-order valence-corrected chi connectivity index (χ0v) is 20.5. The molecule has 2 saturated heterocycles. The lowest BCUT2D eigenvalue weighted by Crippen LogP contribution is -2.36. The van der Waals surface area contributed by atoms with E-state index in [1.165, 1.54) is 5.56 Å². The third-order valence-electron chi connectivity index (χ3n) is 7.08. The second kappa shape index (κ2) is 11.2. The molecule has 0 radical (unpaired) electrons. The van der Waals surface area contributed by atoms with Crippen molar-refractivity contribution >= 4 is 23.4 Å². The number of benzene rings is 2. The molecule has 5 rings (SSSR count). The van der Waals surface area contributed by atoms with Gasteiger partial charge >= 0.3 is 0 Å². The first-order valence-corrected chi connectivity index (χ1v) is 12.6. The fourth-order valence-corrected chi connectivity index (χ4v) is 4.96. The largest absolute Gasteiger partial charge is 0.493 e. The highest BCUT2D eigenvalue weighted by atomic mass is 16.5. The Morgan fingerprint density at radius 2 is 1.74 bits per heavy atom. The molecule has 2 fully saturated rings. The van der Waals surface area contributed by atoms with Crippen molar-refractivity contribution in [3.05, 3.63) is 59.2 Å². The van der Waals surface area contributed by atoms with Crippen molar-refractivity contribution in [1.29, 1.82) is 0 Å². The molecule has 0 atom stereocenters. The number of ether oxygens (including phenoxy) is 3. The van der Waals surface area contributed by atoms with E-state index in [4.69, 9.17) is 14.2 Å². The number of rotatable bonds is 6. The molecule has 2 aromatic carbocycles. The fraction of sp³-hybridized carbons (Fsp3) is 0.464. The minimum atomic E-state index is -0.0784. The minimum Gasteiger partial charge on any atom is -0.493 e. The molecule has 3 aliphatic heterocycles. The number of carbonyl (C=O) groups is 1. The third-order valence-corrected chi connectivity index (χ3v) is 7.08. The Morgan fingerprint density at radius 3 is 2.51 bits per heavy atom. The number of fused-ring (bicyclic) bond motifs is 1. The van der Waals surface area contributed by atoms with E-state index >= 15 is 0 Å². The maximum Gasteiger partial charge on any atom is 0.251 e. The van der Waals surface area contributed by atoms with Crippen molar-refractivity contribution in [3.8, 4) is 5.75 Å². The Balaban J connectivity index is 1.23. The van der Waals surface area contributed by atoms with E-state index in [-0.39, 0.29) is 5.91 Å². The van der Waals surface area contributed by atoms with Crippen molar-refractivity contribution < 1.29 is 19.0 Å². The van der Waals surface area contributed by atoms with Gasteiger partial charge in [-0.15, -0.1) is 0 Å². The van der Waals surface area contributed by atoms with Gasteiger partial charge < -0.3 is 24.4 Å². The summed E-state index contributed by atoms with van der Waals surface area (Å²) in [5, 5.41) is 3.07. The predicted octanol–water partition coefficient (Wildman–Crippen LogP) is 3.94. The molecule has 0 spiro atoms. The summed E-state index contributed by atoms with van der Waals surface area (Å²) in [7, 11) is 2.18. The molecule has 0 aliphatic carbocycles. The molecule has 3 aliphatic rings. The summed E-state index contributed by atoms with van der Waals surface area (Å²) in [6.07, 6.45) is 4.71. The highest BCUT2D eigenvalue weighted by molar-refractivity contribution is 6.07. The van der Waals surface area contributed by atoms with E-state index in [0.29, 0.717) is 19.1 Å². The van der Waals surface area contributed by atoms with Crippen molar-refractivity contribution in [2.75, 3.05) is 63.4 Å². The van der Waals surface area contributed by atoms with E-state index in [0.717, 1.165) is 87.2 Å². The molecule has 0 bridgehead atoms. The SMILES string of the molecule is CN(Cc1ccc(NC(=O)C2=Cc3cc(N4CCOCC4)ccc3OCC2)cc1)C1CCOCC1. The molecule has 0 aromatic heterocycles. The Hall–Kier alpha value is -2.87. The average Bonchev–Trinajstić information content (AvgIpc) is 3.13. The summed E-state index contributed by atoms with van der Waals surface area (Å²) < 4.78 is 16.9. The molecule has 0 unspecified atom stereocenters. The number of carbonyl (C=O) groups excluding carboxylic acids is 1. The van der Waals surface area contributed by atoms with Gasteiger partial charge in [-0.05, 0) is 61.9 Å². The first-order valence-electron chi connectivity index (χ1n) is 12.6. The van der Waals surface area contributed by atoms with E-state index in [1.54, 1.807) is 0 Å². The molecule has 186 valence electrons. The van der Waals surface area contributed by atoms with Crippen molar-refractivity contribution in [1.82, 2.24) is 4.90 Å². The van der Waals surface area contributed by atoms with Gasteiger partial charge in [0.2, 0.25) is 0 Å². The van der Waals surface area contributed by atoms with Crippen molar-refractivity contribution in [2.45, 2.75) is 31.8 Å². The monoisotopic (exact) mass is 477 g/mol. The predicted molar refractivity (Wildman–Crippen MR) is 138 cm³/mol. The molecule has 35 heavy (non-hydrogen) atoms. The summed E-state index contributed by atoms with van der Waals surface area (Å²) in [4.78, 5) is 17.8. The summed E-state index contributed by atoms with van der Waals surface area (Å²) in [6.45, 7) is 6.29. The van der Waals surface area contributed by atoms with Crippen LogP contribution in [0.3, 0.4) is 0 Å². The lowest BCUT2D eigenvalue weighted by atomic mass is 10.1. The van der Waals surface area contributed by atoms with E-state index in [2.05, 4.69) is 46.4 Å². The normalized spacial score (nSPS) is 18.9. The van der Waals surface area contributed by atoms with Crippen LogP contribution in [0.2, 0.25) is 0 Å². The molecule has 7 nitrogen and oxygen atoms in total. The maximum absolute atomic E-state index is 13.1. The summed E-state index contributed by atoms with van der Waals surface area (Å²) in [6, 6.07) is 15.0. The highest BCUT2D eigenvalue weighted by Crippen LogP contribution is 2.31. The second-order valence-electron chi connectivity index (χ2n) is 9.50. The van der Waals surface area contributed by atoms with Gasteiger partial charge in [-0.3, -0.25) is 9.69 Å². The van der Waals surface area contributed by atoms with E-state index in [1.807, 2.05) is 24.3 Å². The van der Waals surface area contributed by atoms with Crippen LogP contribution in [0, 0.1) is 0 Å². The molecule has 2 aromatic rings. The Kier molecular flexibility index (Phi) is 7.66. The van der Waals surface area contributed by atoms with Gasteiger partial charge in [-0.2, -0.15) is 0 Å². The number of morpholine rings is 1. The van der Waals surface area contributed by atoms with Crippen molar-refractivity contribution in [2.24, 2.45) is 0 Å². The summed E-state index contributed by atoms with van der Waals surface area (Å²) in [5.74, 6) is 0.744. The molecular weight excluding hydrogens is 442 g/mol. The maximum atomic E-state index is 13.1. The zero-order chi connectivity index (χ0) is 24.0. The highest BCUT2D eigenvalue weighted by Gasteiger charge is 2.20. The van der Waals surface area contributed by atoms with E-state index in [9.17, 15) is 4.79 Å². The Labute approximate surface area is 207 Å². The lowest BCUT2D eigenvalue weighted by molar-refractivity contribution is -0.113. The van der Waals surface area contributed by atoms with Gasteiger partial charge in [-0.1, -0.05) is 12.1 Å². The summed E-state index contributed by atoms with van der Waals surface area (Å²) >= 11 is 0. The average molecular weight is 478 g/mol. The van der Waals surface area contributed by atoms with Crippen LogP contribution in [0.1, 0.15) is 30.4 Å². The quantitative estimate of drug-likeness (QED) is 0.680. The molecule has 3 heterocycles. The summed E-state index contributed by atoms with van der Waals surface area (Å²) in [5.41, 5.74) is 4.86. The van der Waals surface area contributed by atoms with E-state index < -0.39 is 0 Å². The van der Waals surface area contributed by atoms with Gasteiger partial charge in [0.1, 0.15) is 5.75 Å². The van der Waals surface area contributed by atoms with Gasteiger partial charge in [0, 0.05) is 67.8 Å². The van der Waals surface area contributed by atoms with Gasteiger partial charge in [-0.25, -0.2) is 0 Å². The van der Waals surface area contributed by atoms with Crippen LogP contribution in [0.4, 0.5) is 11.4 Å². The first kappa shape index (κ1) is 23.9. The topological polar surface area (TPSA) is 63.3 Å². The second-order valence-corrected chi connectivity index (χ2v) is 9.50. The van der Waals surface area contributed by atoms with Crippen LogP contribution in [0.5, 0.6) is 5.75 Å². The van der Waals surface area contributed by atoms with Crippen LogP contribution in [0.15, 0.2) is 48.0 Å². The number of hydrogen-bond donors (Lipinski definition) is 1. The molecule has 1 amide bonds. The number of hydrogen-bond acceptors (Lipinski definition) is 6. The van der Waals surface area contributed by atoms with Gasteiger partial charge in [0.15, 0.2) is 0 Å². The van der Waals surface area contributed by atoms with Crippen LogP contribution in [-0.4, -0.2) is 70.0 Å². The Bertz CT molecular complexity index is 1040. The van der Waals surface area contributed by atoms with Crippen LogP contribution in [0.25, 0.3) is 6.08 Å². The molecule has 0 saturated carbocycles. The smallest absolute Gasteiger partial charge is 0.251 e. The Morgan fingerprint density at radius 1 is 1.00 bits per heavy atom. The lowest BCUT2D eigenvalue weighted by Gasteiger charge is -2.31. The van der Waals surface area contributed by atoms with Gasteiger partial charge in [0.25, 0.3) is 5.91 Å². The number of anilines is 2. The molecule has 1 N–H and O–H groups in total. The minimum absolute atomic E-state index is 0.0784. The third kappa shape index (κ3) is 6.04. The van der Waals surface area contributed by atoms with Crippen LogP contribution >= 0.6 is 0 Å². The van der Waals surface area contributed by atoms with Crippen molar-refractivity contribution in [3.63, 3.8) is 0 Å². The number of nitrogens with zero attached hydrogens (tertiary/aromatic N) is 2. The standard InChI is InChI=1S/C28H35N3O4/c1-30(25-9-13-33-14-10-25)20-21-2-4-24(5-3-21)29-28(32)22-8-15-35-27-7-6-26(19-23(27)18-22)31-11-16-34-17-12-31/h2-7,18-19,25H,8-17,20H2,1H3,(H,29,32). The molecule has 7 heteroatoms. The fourth-order valence-electron chi connectivity index (χ4n) is 4.96. The van der Waals surface area contributed by atoms with Crippen LogP contribution in [-0.2, 0) is 20.8 Å². The van der Waals surface area contributed by atoms with Gasteiger partial charge in [0.05, 0.1) is 19.8 Å². The van der Waals surface area contributed by atoms with Crippen LogP contribution < -0.4 is 15.0 Å². The molecular formula is C28H35N3O4. The number of nitrogens with one attached hydrogen (secondary N) is 1. The number of amides is 1. The first-order chi connectivity index (χ1) is 17.2.